The van der Waals surface area contributed by atoms with Gasteiger partial charge in [-0.05, 0) is 37.6 Å². The third kappa shape index (κ3) is 3.82. The molecule has 1 aromatic heterocycles. The summed E-state index contributed by atoms with van der Waals surface area (Å²) in [5, 5.41) is 2.65. The molecule has 1 aromatic rings. The number of anilines is 1. The first-order valence-electron chi connectivity index (χ1n) is 5.25. The van der Waals surface area contributed by atoms with E-state index in [2.05, 4.69) is 10.3 Å². The molecule has 1 amide bonds. The molecule has 0 spiro atoms. The Balaban J connectivity index is 2.79. The van der Waals surface area contributed by atoms with Crippen molar-refractivity contribution in [2.24, 2.45) is 5.73 Å². The number of hydrogen-bond acceptors (Lipinski definition) is 3. The molecule has 0 aliphatic carbocycles. The Morgan fingerprint density at radius 1 is 1.56 bits per heavy atom. The summed E-state index contributed by atoms with van der Waals surface area (Å²) in [5.74, 6) is 0.472. The van der Waals surface area contributed by atoms with Gasteiger partial charge in [0, 0.05) is 12.6 Å². The van der Waals surface area contributed by atoms with E-state index in [-0.39, 0.29) is 5.91 Å². The van der Waals surface area contributed by atoms with Crippen LogP contribution in [0.3, 0.4) is 0 Å². The molecule has 1 heterocycles. The Morgan fingerprint density at radius 2 is 2.31 bits per heavy atom. The van der Waals surface area contributed by atoms with E-state index in [0.717, 1.165) is 17.7 Å². The number of carbonyl (C=O) groups excluding carboxylic acids is 1. The van der Waals surface area contributed by atoms with Gasteiger partial charge in [-0.25, -0.2) is 4.98 Å². The van der Waals surface area contributed by atoms with Gasteiger partial charge in [0.25, 0.3) is 0 Å². The fourth-order valence-electron chi connectivity index (χ4n) is 1.30. The van der Waals surface area contributed by atoms with Crippen LogP contribution in [0.4, 0.5) is 5.82 Å². The zero-order chi connectivity index (χ0) is 12.0. The van der Waals surface area contributed by atoms with Crippen LogP contribution in [0.5, 0.6) is 0 Å². The number of carbonyl (C=O) groups is 1. The van der Waals surface area contributed by atoms with Crippen LogP contribution >= 0.6 is 0 Å². The van der Waals surface area contributed by atoms with Crippen molar-refractivity contribution in [2.75, 3.05) is 11.9 Å². The molecule has 0 unspecified atom stereocenters. The highest BCUT2D eigenvalue weighted by molar-refractivity contribution is 5.87. The van der Waals surface area contributed by atoms with Crippen LogP contribution in [-0.2, 0) is 4.79 Å². The first-order valence-corrected chi connectivity index (χ1v) is 5.25. The lowest BCUT2D eigenvalue weighted by molar-refractivity contribution is -0.114. The summed E-state index contributed by atoms with van der Waals surface area (Å²) in [4.78, 5) is 15.1. The van der Waals surface area contributed by atoms with E-state index in [4.69, 9.17) is 5.73 Å². The molecule has 0 atom stereocenters. The van der Waals surface area contributed by atoms with E-state index in [1.165, 1.54) is 6.92 Å². The van der Waals surface area contributed by atoms with E-state index >= 15 is 0 Å². The quantitative estimate of drug-likeness (QED) is 0.810. The number of rotatable bonds is 4. The van der Waals surface area contributed by atoms with Crippen molar-refractivity contribution >= 4 is 17.8 Å². The Bertz CT molecular complexity index is 399. The second-order valence-corrected chi connectivity index (χ2v) is 3.53. The van der Waals surface area contributed by atoms with Gasteiger partial charge in [-0.3, -0.25) is 4.79 Å². The third-order valence-electron chi connectivity index (χ3n) is 2.06. The molecule has 0 aliphatic heterocycles. The molecule has 0 saturated carbocycles. The minimum atomic E-state index is -0.113. The highest BCUT2D eigenvalue weighted by Crippen LogP contribution is 2.12. The standard InChI is InChI=1S/C12H17N3O/c1-9-11(5-3-4-8-13)6-7-12(14-9)15-10(2)16/h3,5-7H,4,8,13H2,1-2H3,(H,14,15,16). The number of hydrogen-bond donors (Lipinski definition) is 2. The van der Waals surface area contributed by atoms with Crippen molar-refractivity contribution in [3.63, 3.8) is 0 Å². The average molecular weight is 219 g/mol. The molecule has 0 aliphatic rings. The van der Waals surface area contributed by atoms with Gasteiger partial charge in [-0.15, -0.1) is 0 Å². The topological polar surface area (TPSA) is 68.0 Å². The van der Waals surface area contributed by atoms with Crippen LogP contribution in [-0.4, -0.2) is 17.4 Å². The molecule has 3 N–H and O–H groups in total. The number of nitrogens with zero attached hydrogens (tertiary/aromatic N) is 1. The van der Waals surface area contributed by atoms with E-state index in [1.54, 1.807) is 6.07 Å². The molecule has 0 fully saturated rings. The van der Waals surface area contributed by atoms with Gasteiger partial charge in [0.2, 0.25) is 5.91 Å². The number of pyridine rings is 1. The molecule has 0 radical (unpaired) electrons. The molecule has 0 saturated heterocycles. The molecular weight excluding hydrogens is 202 g/mol. The molecule has 0 bridgehead atoms. The summed E-state index contributed by atoms with van der Waals surface area (Å²) >= 11 is 0. The van der Waals surface area contributed by atoms with Gasteiger partial charge in [-0.1, -0.05) is 12.2 Å². The molecule has 4 heteroatoms. The van der Waals surface area contributed by atoms with Crippen molar-refractivity contribution in [1.82, 2.24) is 4.98 Å². The second-order valence-electron chi connectivity index (χ2n) is 3.53. The largest absolute Gasteiger partial charge is 0.330 e. The van der Waals surface area contributed by atoms with Crippen molar-refractivity contribution < 1.29 is 4.79 Å². The van der Waals surface area contributed by atoms with Crippen LogP contribution in [0.2, 0.25) is 0 Å². The lowest BCUT2D eigenvalue weighted by Gasteiger charge is -2.04. The third-order valence-corrected chi connectivity index (χ3v) is 2.06. The van der Waals surface area contributed by atoms with E-state index in [9.17, 15) is 4.79 Å². The van der Waals surface area contributed by atoms with Crippen molar-refractivity contribution in [3.8, 4) is 0 Å². The number of nitrogens with one attached hydrogen (secondary N) is 1. The van der Waals surface area contributed by atoms with Crippen molar-refractivity contribution in [2.45, 2.75) is 20.3 Å². The smallest absolute Gasteiger partial charge is 0.222 e. The van der Waals surface area contributed by atoms with Crippen molar-refractivity contribution in [1.29, 1.82) is 0 Å². The Morgan fingerprint density at radius 3 is 2.88 bits per heavy atom. The fourth-order valence-corrected chi connectivity index (χ4v) is 1.30. The number of amides is 1. The van der Waals surface area contributed by atoms with Crippen LogP contribution in [0.25, 0.3) is 6.08 Å². The Kier molecular flexibility index (Phi) is 4.66. The summed E-state index contributed by atoms with van der Waals surface area (Å²) in [7, 11) is 0. The fraction of sp³-hybridized carbons (Fsp3) is 0.333. The first-order chi connectivity index (χ1) is 7.63. The minimum absolute atomic E-state index is 0.113. The summed E-state index contributed by atoms with van der Waals surface area (Å²) < 4.78 is 0. The number of aryl methyl sites for hydroxylation is 1. The zero-order valence-electron chi connectivity index (χ0n) is 9.66. The van der Waals surface area contributed by atoms with Gasteiger partial charge in [0.15, 0.2) is 0 Å². The van der Waals surface area contributed by atoms with Gasteiger partial charge in [0.05, 0.1) is 0 Å². The Labute approximate surface area is 95.6 Å². The maximum atomic E-state index is 10.8. The van der Waals surface area contributed by atoms with Crippen LogP contribution in [0.15, 0.2) is 18.2 Å². The molecule has 0 aromatic carbocycles. The summed E-state index contributed by atoms with van der Waals surface area (Å²) in [5.41, 5.74) is 7.33. The zero-order valence-corrected chi connectivity index (χ0v) is 9.66. The van der Waals surface area contributed by atoms with Gasteiger partial charge >= 0.3 is 0 Å². The van der Waals surface area contributed by atoms with Crippen molar-refractivity contribution in [3.05, 3.63) is 29.5 Å². The number of aromatic nitrogens is 1. The normalized spacial score (nSPS) is 10.7. The average Bonchev–Trinajstić information content (AvgIpc) is 2.20. The number of nitrogens with two attached hydrogens (primary N) is 1. The monoisotopic (exact) mass is 219 g/mol. The van der Waals surface area contributed by atoms with E-state index in [0.29, 0.717) is 12.4 Å². The summed E-state index contributed by atoms with van der Waals surface area (Å²) in [6, 6.07) is 3.72. The molecule has 1 rings (SSSR count). The summed E-state index contributed by atoms with van der Waals surface area (Å²) in [6.45, 7) is 4.02. The maximum Gasteiger partial charge on any atom is 0.222 e. The molecule has 4 nitrogen and oxygen atoms in total. The summed E-state index contributed by atoms with van der Waals surface area (Å²) in [6.07, 6.45) is 4.86. The predicted molar refractivity (Wildman–Crippen MR) is 66.0 cm³/mol. The van der Waals surface area contributed by atoms with Gasteiger partial charge in [0.1, 0.15) is 5.82 Å². The highest BCUT2D eigenvalue weighted by atomic mass is 16.1. The predicted octanol–water partition coefficient (Wildman–Crippen LogP) is 1.71. The lowest BCUT2D eigenvalue weighted by atomic mass is 10.2. The molecule has 86 valence electrons. The van der Waals surface area contributed by atoms with Gasteiger partial charge < -0.3 is 11.1 Å². The highest BCUT2D eigenvalue weighted by Gasteiger charge is 2.00. The second kappa shape index (κ2) is 6.02. The Hall–Kier alpha value is -1.68. The minimum Gasteiger partial charge on any atom is -0.330 e. The molecular formula is C12H17N3O. The lowest BCUT2D eigenvalue weighted by Crippen LogP contribution is -2.08. The first kappa shape index (κ1) is 12.4. The van der Waals surface area contributed by atoms with Crippen LogP contribution < -0.4 is 11.1 Å². The van der Waals surface area contributed by atoms with E-state index < -0.39 is 0 Å². The van der Waals surface area contributed by atoms with Crippen LogP contribution in [0.1, 0.15) is 24.6 Å². The van der Waals surface area contributed by atoms with E-state index in [1.807, 2.05) is 25.1 Å². The van der Waals surface area contributed by atoms with Gasteiger partial charge in [-0.2, -0.15) is 0 Å². The molecule has 16 heavy (non-hydrogen) atoms. The SMILES string of the molecule is CC(=O)Nc1ccc(C=CCCN)c(C)n1. The van der Waals surface area contributed by atoms with Crippen LogP contribution in [0, 0.1) is 6.92 Å². The maximum absolute atomic E-state index is 10.8.